The van der Waals surface area contributed by atoms with Gasteiger partial charge in [0.25, 0.3) is 0 Å². The summed E-state index contributed by atoms with van der Waals surface area (Å²) in [5.74, 6) is 1.13. The molecule has 14 aromatic carbocycles. The molecule has 0 amide bonds. The Kier molecular flexibility index (Phi) is 14.5. The van der Waals surface area contributed by atoms with Gasteiger partial charge in [-0.25, -0.2) is 19.8 Å². The Hall–Kier alpha value is -13.8. The van der Waals surface area contributed by atoms with Crippen molar-refractivity contribution in [3.8, 4) is 136 Å². The number of rotatable bonds is 12. The first kappa shape index (κ1) is 58.0. The minimum Gasteiger partial charge on any atom is -0.308 e. The quantitative estimate of drug-likeness (QED) is 0.113. The summed E-state index contributed by atoms with van der Waals surface area (Å²) >= 11 is 0. The second-order valence-corrected chi connectivity index (χ2v) is 24.4. The van der Waals surface area contributed by atoms with E-state index in [-0.39, 0.29) is 0 Å². The van der Waals surface area contributed by atoms with E-state index in [1.54, 1.807) is 0 Å². The summed E-state index contributed by atoms with van der Waals surface area (Å²) in [6, 6.07) is 117. The lowest BCUT2D eigenvalue weighted by molar-refractivity contribution is 1.06. The highest BCUT2D eigenvalue weighted by molar-refractivity contribution is 6.14. The van der Waals surface area contributed by atoms with Crippen molar-refractivity contribution in [1.29, 1.82) is 10.5 Å². The van der Waals surface area contributed by atoms with Crippen LogP contribution in [0.4, 0.5) is 5.69 Å². The summed E-state index contributed by atoms with van der Waals surface area (Å²) in [5.41, 5.74) is 22.7. The Morgan fingerprint density at radius 3 is 1.04 bits per heavy atom. The maximum Gasteiger partial charge on any atom is 0.194 e. The SMILES string of the molecule is [C-]#[N+]c1ccccc1-c1ccc(-n2c3ccc(-c4ccccc4)cc3c3cc(-c4ccccc4)ccc32)c(-c2nc(-c3ccccc3-c3cccc(C#N)c3)nc(-c3cc(-c4ccccc4C#N)ccc3-n3c4ccc(-c5ccccc5)cc4c4cc(-c5ccccc5)ccc43)n2)c1. The number of benzene rings is 14. The number of para-hydroxylation sites is 1. The number of hydrogen-bond donors (Lipinski definition) is 0. The van der Waals surface area contributed by atoms with Gasteiger partial charge >= 0.3 is 0 Å². The van der Waals surface area contributed by atoms with Crippen LogP contribution in [0.2, 0.25) is 0 Å². The van der Waals surface area contributed by atoms with Crippen LogP contribution < -0.4 is 0 Å². The molecule has 98 heavy (non-hydrogen) atoms. The standard InChI is InChI=1S/C90H54N8/c1-93-81-36-19-18-34-73(81)69-42-48-87(98-84-45-39-65(61-26-10-4-11-27-61)52-77(84)78-53-66(40-46-85(78)98)62-28-12-5-13-29-62)80(55-69)90-95-88(74-35-17-16-33-72(74)67-31-20-21-58(49-67)56-91)94-89(96-90)79-54-68(71-32-15-14-30-70(71)57-92)41-47-86(79)97-82-43-37-63(59-22-6-2-7-23-59)50-75(82)76-51-64(38-44-83(76)97)60-24-8-3-9-25-60/h2-55H. The molecule has 0 bridgehead atoms. The third-order valence-electron chi connectivity index (χ3n) is 18.7. The van der Waals surface area contributed by atoms with E-state index >= 15 is 0 Å². The summed E-state index contributed by atoms with van der Waals surface area (Å²) in [6.45, 7) is 8.45. The van der Waals surface area contributed by atoms with E-state index in [4.69, 9.17) is 21.5 Å². The van der Waals surface area contributed by atoms with E-state index in [1.165, 1.54) is 0 Å². The number of fused-ring (bicyclic) bond motifs is 6. The fourth-order valence-electron chi connectivity index (χ4n) is 14.0. The molecule has 0 unspecified atom stereocenters. The number of aromatic nitrogens is 5. The summed E-state index contributed by atoms with van der Waals surface area (Å²) in [6.07, 6.45) is 0. The van der Waals surface area contributed by atoms with Crippen molar-refractivity contribution in [3.63, 3.8) is 0 Å². The van der Waals surface area contributed by atoms with Crippen molar-refractivity contribution >= 4 is 49.3 Å². The van der Waals surface area contributed by atoms with Gasteiger partial charge in [-0.15, -0.1) is 0 Å². The van der Waals surface area contributed by atoms with Crippen molar-refractivity contribution in [2.75, 3.05) is 0 Å². The van der Waals surface area contributed by atoms with Gasteiger partial charge in [0.15, 0.2) is 23.2 Å². The van der Waals surface area contributed by atoms with Crippen LogP contribution in [-0.4, -0.2) is 24.1 Å². The van der Waals surface area contributed by atoms with E-state index in [9.17, 15) is 10.5 Å². The molecule has 8 nitrogen and oxygen atoms in total. The molecule has 0 saturated carbocycles. The lowest BCUT2D eigenvalue weighted by Crippen LogP contribution is -2.06. The van der Waals surface area contributed by atoms with Crippen molar-refractivity contribution in [1.82, 2.24) is 24.1 Å². The smallest absolute Gasteiger partial charge is 0.194 e. The Morgan fingerprint density at radius 2 is 0.612 bits per heavy atom. The molecule has 0 fully saturated rings. The number of nitriles is 2. The molecule has 0 aliphatic carbocycles. The molecule has 454 valence electrons. The average molecular weight is 1250 g/mol. The van der Waals surface area contributed by atoms with Gasteiger partial charge in [0.1, 0.15) is 0 Å². The van der Waals surface area contributed by atoms with Crippen LogP contribution in [0, 0.1) is 29.2 Å². The largest absolute Gasteiger partial charge is 0.308 e. The zero-order chi connectivity index (χ0) is 65.6. The number of nitrogens with zero attached hydrogens (tertiary/aromatic N) is 8. The summed E-state index contributed by atoms with van der Waals surface area (Å²) < 4.78 is 4.65. The lowest BCUT2D eigenvalue weighted by Gasteiger charge is -2.19. The van der Waals surface area contributed by atoms with Gasteiger partial charge in [-0.3, -0.25) is 0 Å². The highest BCUT2D eigenvalue weighted by Crippen LogP contribution is 2.46. The third kappa shape index (κ3) is 10.3. The Labute approximate surface area is 566 Å². The van der Waals surface area contributed by atoms with Crippen LogP contribution in [0.5, 0.6) is 0 Å². The fourth-order valence-corrected chi connectivity index (χ4v) is 14.0. The Balaban J connectivity index is 0.990. The molecule has 0 atom stereocenters. The first-order valence-electron chi connectivity index (χ1n) is 32.5. The average Bonchev–Trinajstić information content (AvgIpc) is 1.56. The molecule has 3 aromatic heterocycles. The van der Waals surface area contributed by atoms with Crippen LogP contribution in [0.1, 0.15) is 11.1 Å². The molecule has 0 aliphatic rings. The molecule has 8 heteroatoms. The predicted octanol–water partition coefficient (Wildman–Crippen LogP) is 23.0. The molecule has 0 spiro atoms. The van der Waals surface area contributed by atoms with E-state index in [0.717, 1.165) is 133 Å². The molecular formula is C90H54N8. The molecule has 0 radical (unpaired) electrons. The second-order valence-electron chi connectivity index (χ2n) is 24.4. The van der Waals surface area contributed by atoms with Crippen LogP contribution in [-0.2, 0) is 0 Å². The first-order valence-corrected chi connectivity index (χ1v) is 32.5. The molecule has 17 rings (SSSR count). The first-order chi connectivity index (χ1) is 48.4. The van der Waals surface area contributed by atoms with Crippen LogP contribution in [0.3, 0.4) is 0 Å². The van der Waals surface area contributed by atoms with E-state index in [2.05, 4.69) is 232 Å². The molecule has 3 heterocycles. The van der Waals surface area contributed by atoms with Gasteiger partial charge in [0.05, 0.1) is 63.3 Å². The zero-order valence-corrected chi connectivity index (χ0v) is 52.8. The lowest BCUT2D eigenvalue weighted by atomic mass is 9.96. The Bertz CT molecular complexity index is 5630. The summed E-state index contributed by atoms with van der Waals surface area (Å²) in [5, 5.41) is 25.3. The normalized spacial score (nSPS) is 11.2. The van der Waals surface area contributed by atoms with Crippen molar-refractivity contribution in [2.24, 2.45) is 0 Å². The molecule has 0 aliphatic heterocycles. The Morgan fingerprint density at radius 1 is 0.265 bits per heavy atom. The van der Waals surface area contributed by atoms with Gasteiger partial charge in [0.2, 0.25) is 0 Å². The van der Waals surface area contributed by atoms with Crippen LogP contribution in [0.15, 0.2) is 328 Å². The second kappa shape index (κ2) is 24.6. The minimum atomic E-state index is 0.369. The van der Waals surface area contributed by atoms with E-state index < -0.39 is 0 Å². The molecule has 17 aromatic rings. The molecule has 0 N–H and O–H groups in total. The van der Waals surface area contributed by atoms with Gasteiger partial charge < -0.3 is 9.13 Å². The monoisotopic (exact) mass is 1250 g/mol. The van der Waals surface area contributed by atoms with E-state index in [1.807, 2.05) is 121 Å². The highest BCUT2D eigenvalue weighted by Gasteiger charge is 2.26. The van der Waals surface area contributed by atoms with Gasteiger partial charge in [0, 0.05) is 38.2 Å². The zero-order valence-electron chi connectivity index (χ0n) is 52.8. The van der Waals surface area contributed by atoms with Crippen LogP contribution >= 0.6 is 0 Å². The maximum absolute atomic E-state index is 10.8. The third-order valence-corrected chi connectivity index (χ3v) is 18.7. The van der Waals surface area contributed by atoms with Gasteiger partial charge in [-0.1, -0.05) is 237 Å². The van der Waals surface area contributed by atoms with Crippen molar-refractivity contribution in [2.45, 2.75) is 0 Å². The highest BCUT2D eigenvalue weighted by atomic mass is 15.1. The van der Waals surface area contributed by atoms with Gasteiger partial charge in [-0.05, 0) is 169 Å². The fraction of sp³-hybridized carbons (Fsp3) is 0. The van der Waals surface area contributed by atoms with Gasteiger partial charge in [-0.2, -0.15) is 10.5 Å². The molecular weight excluding hydrogens is 1190 g/mol. The van der Waals surface area contributed by atoms with Crippen LogP contribution in [0.25, 0.3) is 172 Å². The summed E-state index contributed by atoms with van der Waals surface area (Å²) in [4.78, 5) is 21.3. The van der Waals surface area contributed by atoms with Crippen molar-refractivity contribution in [3.05, 3.63) is 350 Å². The molecule has 0 saturated heterocycles. The predicted molar refractivity (Wildman–Crippen MR) is 399 cm³/mol. The topological polar surface area (TPSA) is 100 Å². The number of hydrogen-bond acceptors (Lipinski definition) is 5. The summed E-state index contributed by atoms with van der Waals surface area (Å²) in [7, 11) is 0. The maximum atomic E-state index is 10.8. The minimum absolute atomic E-state index is 0.369. The van der Waals surface area contributed by atoms with Crippen molar-refractivity contribution < 1.29 is 0 Å². The van der Waals surface area contributed by atoms with E-state index in [0.29, 0.717) is 51.0 Å².